The topological polar surface area (TPSA) is 43.1 Å². The fourth-order valence-electron chi connectivity index (χ4n) is 2.16. The zero-order chi connectivity index (χ0) is 14.4. The summed E-state index contributed by atoms with van der Waals surface area (Å²) >= 11 is 0. The van der Waals surface area contributed by atoms with Gasteiger partial charge in [0.1, 0.15) is 0 Å². The van der Waals surface area contributed by atoms with E-state index in [9.17, 15) is 4.21 Å². The summed E-state index contributed by atoms with van der Waals surface area (Å²) in [5.74, 6) is 0.681. The number of hydrogen-bond donors (Lipinski definition) is 1. The van der Waals surface area contributed by atoms with E-state index in [1.54, 1.807) is 0 Å². The maximum atomic E-state index is 12.3. The van der Waals surface area contributed by atoms with Gasteiger partial charge in [0.05, 0.1) is 15.7 Å². The molecule has 1 unspecified atom stereocenters. The molecule has 0 heterocycles. The van der Waals surface area contributed by atoms with Crippen LogP contribution in [-0.4, -0.2) is 9.96 Å². The molecular weight excluding hydrogens is 266 g/mol. The van der Waals surface area contributed by atoms with Gasteiger partial charge < -0.3 is 5.73 Å². The third-order valence-corrected chi connectivity index (χ3v) is 4.81. The molecule has 2 rings (SSSR count). The molecule has 0 radical (unpaired) electrons. The van der Waals surface area contributed by atoms with Gasteiger partial charge in [-0.1, -0.05) is 36.4 Å². The number of nitrogen functional groups attached to an aromatic ring is 1. The van der Waals surface area contributed by atoms with Gasteiger partial charge in [0.15, 0.2) is 0 Å². The third kappa shape index (κ3) is 4.20. The summed E-state index contributed by atoms with van der Waals surface area (Å²) in [6.45, 7) is 2.00. The number of anilines is 1. The van der Waals surface area contributed by atoms with Crippen molar-refractivity contribution >= 4 is 16.5 Å². The van der Waals surface area contributed by atoms with E-state index in [1.165, 1.54) is 5.56 Å². The highest BCUT2D eigenvalue weighted by molar-refractivity contribution is 7.85. The fourth-order valence-corrected chi connectivity index (χ4v) is 3.49. The molecule has 2 aromatic rings. The fraction of sp³-hybridized carbons (Fsp3) is 0.294. The lowest BCUT2D eigenvalue weighted by atomic mass is 10.1. The highest BCUT2D eigenvalue weighted by Gasteiger charge is 2.08. The van der Waals surface area contributed by atoms with Crippen LogP contribution in [0.3, 0.4) is 0 Å². The molecule has 0 fully saturated rings. The average Bonchev–Trinajstić information content (AvgIpc) is 2.47. The molecule has 1 atom stereocenters. The smallest absolute Gasteiger partial charge is 0.0620 e. The molecule has 0 aliphatic heterocycles. The Kier molecular flexibility index (Phi) is 5.36. The Morgan fingerprint density at radius 1 is 1.05 bits per heavy atom. The van der Waals surface area contributed by atoms with E-state index in [2.05, 4.69) is 24.3 Å². The van der Waals surface area contributed by atoms with Crippen molar-refractivity contribution in [2.45, 2.75) is 31.1 Å². The van der Waals surface area contributed by atoms with Gasteiger partial charge in [-0.2, -0.15) is 0 Å². The summed E-state index contributed by atoms with van der Waals surface area (Å²) in [6.07, 6.45) is 3.05. The van der Waals surface area contributed by atoms with Crippen LogP contribution < -0.4 is 5.73 Å². The van der Waals surface area contributed by atoms with Crippen LogP contribution in [0.4, 0.5) is 5.69 Å². The van der Waals surface area contributed by atoms with Gasteiger partial charge >= 0.3 is 0 Å². The van der Waals surface area contributed by atoms with E-state index in [1.807, 2.05) is 31.2 Å². The van der Waals surface area contributed by atoms with Crippen molar-refractivity contribution in [3.05, 3.63) is 59.7 Å². The quantitative estimate of drug-likeness (QED) is 0.650. The molecule has 0 spiro atoms. The number of benzene rings is 2. The second kappa shape index (κ2) is 7.25. The Morgan fingerprint density at radius 3 is 2.55 bits per heavy atom. The summed E-state index contributed by atoms with van der Waals surface area (Å²) in [4.78, 5) is 0.782. The zero-order valence-corrected chi connectivity index (χ0v) is 12.7. The van der Waals surface area contributed by atoms with E-state index in [0.29, 0.717) is 11.4 Å². The summed E-state index contributed by atoms with van der Waals surface area (Å²) in [6, 6.07) is 16.1. The van der Waals surface area contributed by atoms with Crippen LogP contribution in [0.15, 0.2) is 53.4 Å². The minimum Gasteiger partial charge on any atom is -0.398 e. The van der Waals surface area contributed by atoms with Gasteiger partial charge in [0.25, 0.3) is 0 Å². The third-order valence-electron chi connectivity index (χ3n) is 3.30. The molecule has 0 aromatic heterocycles. The Morgan fingerprint density at radius 2 is 1.80 bits per heavy atom. The van der Waals surface area contributed by atoms with Crippen molar-refractivity contribution < 1.29 is 4.21 Å². The maximum Gasteiger partial charge on any atom is 0.0620 e. The van der Waals surface area contributed by atoms with E-state index >= 15 is 0 Å². The second-order valence-electron chi connectivity index (χ2n) is 5.03. The highest BCUT2D eigenvalue weighted by atomic mass is 32.2. The van der Waals surface area contributed by atoms with Crippen LogP contribution in [0.2, 0.25) is 0 Å². The van der Waals surface area contributed by atoms with Gasteiger partial charge in [0, 0.05) is 11.4 Å². The molecule has 0 amide bonds. The SMILES string of the molecule is Cc1ccc(N)c(S(=O)CCCCc2ccccc2)c1. The van der Waals surface area contributed by atoms with Crippen LogP contribution in [0, 0.1) is 6.92 Å². The molecular formula is C17H21NOS. The Labute approximate surface area is 123 Å². The zero-order valence-electron chi connectivity index (χ0n) is 11.8. The lowest BCUT2D eigenvalue weighted by molar-refractivity contribution is 0.677. The van der Waals surface area contributed by atoms with Crippen LogP contribution in [0.5, 0.6) is 0 Å². The average molecular weight is 287 g/mol. The first-order valence-electron chi connectivity index (χ1n) is 6.95. The Bertz CT molecular complexity index is 581. The molecule has 0 aliphatic carbocycles. The normalized spacial score (nSPS) is 12.2. The van der Waals surface area contributed by atoms with E-state index in [4.69, 9.17) is 5.73 Å². The van der Waals surface area contributed by atoms with Crippen LogP contribution in [0.1, 0.15) is 24.0 Å². The molecule has 20 heavy (non-hydrogen) atoms. The van der Waals surface area contributed by atoms with Crippen LogP contribution >= 0.6 is 0 Å². The lowest BCUT2D eigenvalue weighted by Crippen LogP contribution is -2.03. The second-order valence-corrected chi connectivity index (χ2v) is 6.57. The molecule has 0 bridgehead atoms. The largest absolute Gasteiger partial charge is 0.398 e. The maximum absolute atomic E-state index is 12.3. The summed E-state index contributed by atoms with van der Waals surface area (Å²) in [7, 11) is -0.988. The molecule has 2 aromatic carbocycles. The number of rotatable bonds is 6. The first-order valence-corrected chi connectivity index (χ1v) is 8.27. The van der Waals surface area contributed by atoms with Crippen molar-refractivity contribution in [2.24, 2.45) is 0 Å². The number of hydrogen-bond acceptors (Lipinski definition) is 2. The van der Waals surface area contributed by atoms with E-state index in [-0.39, 0.29) is 0 Å². The molecule has 0 saturated carbocycles. The standard InChI is InChI=1S/C17H21NOS/c1-14-10-11-16(18)17(13-14)20(19)12-6-5-9-15-7-3-2-4-8-15/h2-4,7-8,10-11,13H,5-6,9,12,18H2,1H3. The Hall–Kier alpha value is -1.61. The van der Waals surface area contributed by atoms with Crippen molar-refractivity contribution in [1.82, 2.24) is 0 Å². The molecule has 3 heteroatoms. The molecule has 106 valence electrons. The predicted molar refractivity (Wildman–Crippen MR) is 86.2 cm³/mol. The van der Waals surface area contributed by atoms with Crippen molar-refractivity contribution in [1.29, 1.82) is 0 Å². The first-order chi connectivity index (χ1) is 9.66. The monoisotopic (exact) mass is 287 g/mol. The number of nitrogens with two attached hydrogens (primary N) is 1. The predicted octanol–water partition coefficient (Wildman–Crippen LogP) is 3.71. The summed E-state index contributed by atoms with van der Waals surface area (Å²) in [5, 5.41) is 0. The molecule has 2 nitrogen and oxygen atoms in total. The highest BCUT2D eigenvalue weighted by Crippen LogP contribution is 2.19. The summed E-state index contributed by atoms with van der Waals surface area (Å²) in [5.41, 5.74) is 8.97. The Balaban J connectivity index is 1.82. The van der Waals surface area contributed by atoms with Gasteiger partial charge in [-0.15, -0.1) is 0 Å². The first kappa shape index (κ1) is 14.8. The summed E-state index contributed by atoms with van der Waals surface area (Å²) < 4.78 is 12.3. The van der Waals surface area contributed by atoms with E-state index in [0.717, 1.165) is 29.7 Å². The molecule has 0 aliphatic rings. The van der Waals surface area contributed by atoms with Crippen molar-refractivity contribution in [3.8, 4) is 0 Å². The van der Waals surface area contributed by atoms with Gasteiger partial charge in [0.2, 0.25) is 0 Å². The molecule has 2 N–H and O–H groups in total. The van der Waals surface area contributed by atoms with Gasteiger partial charge in [-0.05, 0) is 49.4 Å². The van der Waals surface area contributed by atoms with Crippen molar-refractivity contribution in [2.75, 3.05) is 11.5 Å². The van der Waals surface area contributed by atoms with Crippen molar-refractivity contribution in [3.63, 3.8) is 0 Å². The number of aryl methyl sites for hydroxylation is 2. The van der Waals surface area contributed by atoms with Crippen LogP contribution in [-0.2, 0) is 17.2 Å². The van der Waals surface area contributed by atoms with E-state index < -0.39 is 10.8 Å². The minimum absolute atomic E-state index is 0.636. The number of unbranched alkanes of at least 4 members (excludes halogenated alkanes) is 1. The molecule has 0 saturated heterocycles. The minimum atomic E-state index is -0.988. The lowest BCUT2D eigenvalue weighted by Gasteiger charge is -2.07. The van der Waals surface area contributed by atoms with Gasteiger partial charge in [-0.25, -0.2) is 0 Å². The van der Waals surface area contributed by atoms with Crippen LogP contribution in [0.25, 0.3) is 0 Å². The van der Waals surface area contributed by atoms with Gasteiger partial charge in [-0.3, -0.25) is 4.21 Å².